The van der Waals surface area contributed by atoms with Crippen molar-refractivity contribution in [3.8, 4) is 0 Å². The summed E-state index contributed by atoms with van der Waals surface area (Å²) in [5, 5.41) is 2.87. The third-order valence-electron chi connectivity index (χ3n) is 3.03. The van der Waals surface area contributed by atoms with E-state index < -0.39 is 0 Å². The van der Waals surface area contributed by atoms with Crippen LogP contribution < -0.4 is 11.1 Å². The van der Waals surface area contributed by atoms with Crippen molar-refractivity contribution in [2.75, 3.05) is 19.6 Å². The summed E-state index contributed by atoms with van der Waals surface area (Å²) in [7, 11) is 0. The largest absolute Gasteiger partial charge is 0.370 e. The molecule has 1 aromatic rings. The molecule has 1 amide bonds. The lowest BCUT2D eigenvalue weighted by Gasteiger charge is -2.19. The minimum atomic E-state index is -0.00931. The van der Waals surface area contributed by atoms with Crippen LogP contribution in [0.4, 0.5) is 0 Å². The van der Waals surface area contributed by atoms with Gasteiger partial charge in [-0.3, -0.25) is 9.79 Å². The van der Waals surface area contributed by atoms with Crippen molar-refractivity contribution in [2.24, 2.45) is 10.7 Å². The van der Waals surface area contributed by atoms with E-state index >= 15 is 0 Å². The molecule has 21 heavy (non-hydrogen) atoms. The van der Waals surface area contributed by atoms with Crippen molar-refractivity contribution in [3.63, 3.8) is 0 Å². The van der Waals surface area contributed by atoms with Gasteiger partial charge in [0.25, 0.3) is 0 Å². The summed E-state index contributed by atoms with van der Waals surface area (Å²) < 4.78 is 0. The van der Waals surface area contributed by atoms with Crippen LogP contribution in [0.5, 0.6) is 0 Å². The molecule has 6 heteroatoms. The Bertz CT molecular complexity index is 433. The van der Waals surface area contributed by atoms with Gasteiger partial charge in [0.15, 0.2) is 5.96 Å². The summed E-state index contributed by atoms with van der Waals surface area (Å²) in [4.78, 5) is 17.9. The number of nitrogens with zero attached hydrogens (tertiary/aromatic N) is 2. The molecule has 0 heterocycles. The molecule has 0 aliphatic rings. The highest BCUT2D eigenvalue weighted by molar-refractivity contribution is 14.0. The molecule has 0 bridgehead atoms. The normalized spacial score (nSPS) is 10.7. The Morgan fingerprint density at radius 3 is 2.43 bits per heavy atom. The lowest BCUT2D eigenvalue weighted by molar-refractivity contribution is -0.121. The van der Waals surface area contributed by atoms with Crippen LogP contribution in [0.25, 0.3) is 0 Å². The van der Waals surface area contributed by atoms with E-state index in [0.717, 1.165) is 18.7 Å². The molecule has 118 valence electrons. The molecule has 1 aromatic carbocycles. The first-order valence-corrected chi connectivity index (χ1v) is 7.02. The van der Waals surface area contributed by atoms with E-state index in [0.29, 0.717) is 25.5 Å². The van der Waals surface area contributed by atoms with Gasteiger partial charge in [0.2, 0.25) is 5.91 Å². The van der Waals surface area contributed by atoms with Gasteiger partial charge in [-0.15, -0.1) is 24.0 Å². The molecule has 0 saturated heterocycles. The minimum absolute atomic E-state index is 0. The fraction of sp³-hybridized carbons (Fsp3) is 0.467. The second-order valence-corrected chi connectivity index (χ2v) is 4.42. The van der Waals surface area contributed by atoms with Crippen LogP contribution in [0.1, 0.15) is 25.8 Å². The van der Waals surface area contributed by atoms with Crippen molar-refractivity contribution in [1.82, 2.24) is 10.2 Å². The van der Waals surface area contributed by atoms with Crippen LogP contribution >= 0.6 is 24.0 Å². The van der Waals surface area contributed by atoms with Crippen molar-refractivity contribution < 1.29 is 4.79 Å². The number of hydrogen-bond acceptors (Lipinski definition) is 2. The van der Waals surface area contributed by atoms with Gasteiger partial charge in [0.1, 0.15) is 0 Å². The molecule has 5 nitrogen and oxygen atoms in total. The van der Waals surface area contributed by atoms with E-state index in [1.807, 2.05) is 49.1 Å². The fourth-order valence-electron chi connectivity index (χ4n) is 1.80. The summed E-state index contributed by atoms with van der Waals surface area (Å²) in [5.41, 5.74) is 6.92. The van der Waals surface area contributed by atoms with Gasteiger partial charge < -0.3 is 16.0 Å². The number of benzene rings is 1. The Hall–Kier alpha value is -1.31. The van der Waals surface area contributed by atoms with Crippen LogP contribution in [0.15, 0.2) is 35.3 Å². The summed E-state index contributed by atoms with van der Waals surface area (Å²) in [6, 6.07) is 9.83. The molecule has 0 aromatic heterocycles. The van der Waals surface area contributed by atoms with E-state index in [9.17, 15) is 4.79 Å². The number of carbonyl (C=O) groups is 1. The lowest BCUT2D eigenvalue weighted by atomic mass is 10.2. The number of guanidine groups is 1. The van der Waals surface area contributed by atoms with Crippen LogP contribution in [-0.4, -0.2) is 36.4 Å². The Kier molecular flexibility index (Phi) is 10.7. The smallest absolute Gasteiger partial charge is 0.222 e. The maximum absolute atomic E-state index is 11.7. The number of nitrogens with one attached hydrogen (secondary N) is 1. The molecule has 0 radical (unpaired) electrons. The third-order valence-corrected chi connectivity index (χ3v) is 3.03. The average molecular weight is 404 g/mol. The monoisotopic (exact) mass is 404 g/mol. The van der Waals surface area contributed by atoms with Crippen LogP contribution in [0, 0.1) is 0 Å². The quantitative estimate of drug-likeness (QED) is 0.415. The Morgan fingerprint density at radius 2 is 1.86 bits per heavy atom. The maximum atomic E-state index is 11.7. The maximum Gasteiger partial charge on any atom is 0.222 e. The van der Waals surface area contributed by atoms with Gasteiger partial charge in [-0.05, 0) is 19.4 Å². The number of halogens is 1. The Labute approximate surface area is 144 Å². The van der Waals surface area contributed by atoms with Gasteiger partial charge in [0.05, 0.1) is 6.54 Å². The van der Waals surface area contributed by atoms with Crippen LogP contribution in [0.2, 0.25) is 0 Å². The molecule has 0 aliphatic carbocycles. The zero-order chi connectivity index (χ0) is 14.8. The summed E-state index contributed by atoms with van der Waals surface area (Å²) in [5.74, 6) is 0.496. The van der Waals surface area contributed by atoms with Crippen molar-refractivity contribution in [2.45, 2.75) is 26.8 Å². The highest BCUT2D eigenvalue weighted by Gasteiger charge is 2.03. The average Bonchev–Trinajstić information content (AvgIpc) is 2.47. The molecule has 0 saturated carbocycles. The second kappa shape index (κ2) is 11.4. The third kappa shape index (κ3) is 7.89. The van der Waals surface area contributed by atoms with E-state index in [-0.39, 0.29) is 29.9 Å². The predicted octanol–water partition coefficient (Wildman–Crippen LogP) is 1.97. The summed E-state index contributed by atoms with van der Waals surface area (Å²) >= 11 is 0. The first kappa shape index (κ1) is 19.7. The topological polar surface area (TPSA) is 70.7 Å². The van der Waals surface area contributed by atoms with Gasteiger partial charge in [-0.25, -0.2) is 0 Å². The van der Waals surface area contributed by atoms with Gasteiger partial charge in [0, 0.05) is 26.1 Å². The highest BCUT2D eigenvalue weighted by atomic mass is 127. The first-order chi connectivity index (χ1) is 9.67. The molecule has 0 unspecified atom stereocenters. The summed E-state index contributed by atoms with van der Waals surface area (Å²) in [6.07, 6.45) is 0.356. The number of carbonyl (C=O) groups excluding carboxylic acids is 1. The van der Waals surface area contributed by atoms with Crippen molar-refractivity contribution in [1.29, 1.82) is 0 Å². The molecule has 0 aliphatic heterocycles. The van der Waals surface area contributed by atoms with E-state index in [1.165, 1.54) is 0 Å². The molecule has 0 spiro atoms. The number of amides is 1. The van der Waals surface area contributed by atoms with Crippen LogP contribution in [0.3, 0.4) is 0 Å². The van der Waals surface area contributed by atoms with E-state index in [4.69, 9.17) is 5.73 Å². The number of aliphatic imine (C=N–C) groups is 1. The molecular formula is C15H25IN4O. The van der Waals surface area contributed by atoms with Gasteiger partial charge >= 0.3 is 0 Å². The SMILES string of the molecule is CCN(CC)C(N)=NCCC(=O)NCc1ccccc1.I. The van der Waals surface area contributed by atoms with Gasteiger partial charge in [-0.1, -0.05) is 30.3 Å². The zero-order valence-corrected chi connectivity index (χ0v) is 15.0. The first-order valence-electron chi connectivity index (χ1n) is 7.02. The second-order valence-electron chi connectivity index (χ2n) is 4.42. The molecular weight excluding hydrogens is 379 g/mol. The Balaban J connectivity index is 0.00000400. The van der Waals surface area contributed by atoms with Crippen molar-refractivity contribution in [3.05, 3.63) is 35.9 Å². The highest BCUT2D eigenvalue weighted by Crippen LogP contribution is 1.97. The standard InChI is InChI=1S/C15H24N4O.HI/c1-3-19(4-2)15(16)17-11-10-14(20)18-12-13-8-6-5-7-9-13;/h5-9H,3-4,10-12H2,1-2H3,(H2,16,17)(H,18,20);1H. The lowest BCUT2D eigenvalue weighted by Crippen LogP contribution is -2.37. The molecule has 0 atom stereocenters. The number of rotatable bonds is 7. The molecule has 0 fully saturated rings. The minimum Gasteiger partial charge on any atom is -0.370 e. The van der Waals surface area contributed by atoms with Crippen molar-refractivity contribution >= 4 is 35.8 Å². The van der Waals surface area contributed by atoms with Gasteiger partial charge in [-0.2, -0.15) is 0 Å². The van der Waals surface area contributed by atoms with E-state index in [2.05, 4.69) is 10.3 Å². The zero-order valence-electron chi connectivity index (χ0n) is 12.7. The van der Waals surface area contributed by atoms with Crippen LogP contribution in [-0.2, 0) is 11.3 Å². The Morgan fingerprint density at radius 1 is 1.24 bits per heavy atom. The molecule has 1 rings (SSSR count). The predicted molar refractivity (Wildman–Crippen MR) is 97.7 cm³/mol. The van der Waals surface area contributed by atoms with E-state index in [1.54, 1.807) is 0 Å². The number of nitrogens with two attached hydrogens (primary N) is 1. The fourth-order valence-corrected chi connectivity index (χ4v) is 1.80. The molecule has 3 N–H and O–H groups in total. The summed E-state index contributed by atoms with van der Waals surface area (Å²) in [6.45, 7) is 6.67. The number of hydrogen-bond donors (Lipinski definition) is 2.